The Morgan fingerprint density at radius 1 is 1.03 bits per heavy atom. The average molecular weight is 415 g/mol. The molecular weight excluding hydrogens is 388 g/mol. The van der Waals surface area contributed by atoms with Gasteiger partial charge in [0.2, 0.25) is 11.8 Å². The van der Waals surface area contributed by atoms with Gasteiger partial charge in [-0.25, -0.2) is 0 Å². The molecule has 2 aromatic carbocycles. The van der Waals surface area contributed by atoms with Crippen LogP contribution >= 0.6 is 0 Å². The molecule has 0 spiro atoms. The highest BCUT2D eigenvalue weighted by Crippen LogP contribution is 2.39. The molecule has 1 fully saturated rings. The molecule has 5 rings (SSSR count). The largest absolute Gasteiger partial charge is 0.338 e. The number of fused-ring (bicyclic) bond motifs is 1. The maximum atomic E-state index is 13.7. The van der Waals surface area contributed by atoms with Crippen LogP contribution in [-0.2, 0) is 29.1 Å². The molecule has 3 aromatic rings. The highest BCUT2D eigenvalue weighted by Gasteiger charge is 2.42. The monoisotopic (exact) mass is 414 g/mol. The lowest BCUT2D eigenvalue weighted by Gasteiger charge is -2.43. The summed E-state index contributed by atoms with van der Waals surface area (Å²) in [5.74, 6) is -0.0129. The van der Waals surface area contributed by atoms with Gasteiger partial charge in [-0.15, -0.1) is 0 Å². The summed E-state index contributed by atoms with van der Waals surface area (Å²) in [6, 6.07) is 19.8. The molecule has 2 amide bonds. The molecular formula is C25H26N4O2. The van der Waals surface area contributed by atoms with Crippen LogP contribution in [0, 0.1) is 5.92 Å². The Hall–Kier alpha value is -3.41. The third-order valence-corrected chi connectivity index (χ3v) is 6.47. The Labute approximate surface area is 181 Å². The van der Waals surface area contributed by atoms with Crippen LogP contribution in [0.4, 0.5) is 0 Å². The first-order valence-corrected chi connectivity index (χ1v) is 10.9. The number of carbonyl (C=O) groups excluding carboxylic acids is 2. The van der Waals surface area contributed by atoms with E-state index in [2.05, 4.69) is 10.2 Å². The van der Waals surface area contributed by atoms with Crippen molar-refractivity contribution in [3.05, 3.63) is 89.2 Å². The molecule has 0 bridgehead atoms. The summed E-state index contributed by atoms with van der Waals surface area (Å²) in [6.45, 7) is 1.77. The van der Waals surface area contributed by atoms with Crippen molar-refractivity contribution in [2.45, 2.75) is 38.4 Å². The molecule has 158 valence electrons. The lowest BCUT2D eigenvalue weighted by molar-refractivity contribution is -0.149. The van der Waals surface area contributed by atoms with Gasteiger partial charge in [-0.2, -0.15) is 5.10 Å². The van der Waals surface area contributed by atoms with Gasteiger partial charge >= 0.3 is 0 Å². The van der Waals surface area contributed by atoms with Gasteiger partial charge < -0.3 is 9.80 Å². The summed E-state index contributed by atoms with van der Waals surface area (Å²) in [5, 5.41) is 7.16. The fourth-order valence-electron chi connectivity index (χ4n) is 4.89. The normalized spacial score (nSPS) is 21.1. The number of H-pyrrole nitrogens is 1. The number of piperidine rings is 1. The van der Waals surface area contributed by atoms with Crippen molar-refractivity contribution in [3.8, 4) is 0 Å². The fourth-order valence-corrected chi connectivity index (χ4v) is 4.89. The van der Waals surface area contributed by atoms with E-state index in [1.165, 1.54) is 0 Å². The van der Waals surface area contributed by atoms with E-state index in [0.29, 0.717) is 32.5 Å². The van der Waals surface area contributed by atoms with E-state index < -0.39 is 0 Å². The SMILES string of the molecule is O=C(C1CCC(=O)N(Cc2ccccc2)C1c1ccccc1)N1CCc2[nH]ncc2C1. The van der Waals surface area contributed by atoms with Crippen LogP contribution in [0.2, 0.25) is 0 Å². The molecule has 6 nitrogen and oxygen atoms in total. The Kier molecular flexibility index (Phi) is 5.28. The van der Waals surface area contributed by atoms with Crippen molar-refractivity contribution in [2.24, 2.45) is 5.92 Å². The van der Waals surface area contributed by atoms with Crippen LogP contribution in [0.1, 0.15) is 41.3 Å². The summed E-state index contributed by atoms with van der Waals surface area (Å²) in [7, 11) is 0. The minimum absolute atomic E-state index is 0.109. The second-order valence-corrected chi connectivity index (χ2v) is 8.39. The van der Waals surface area contributed by atoms with Crippen LogP contribution in [0.5, 0.6) is 0 Å². The van der Waals surface area contributed by atoms with E-state index in [-0.39, 0.29) is 23.8 Å². The maximum absolute atomic E-state index is 13.7. The maximum Gasteiger partial charge on any atom is 0.228 e. The number of rotatable bonds is 4. The van der Waals surface area contributed by atoms with E-state index >= 15 is 0 Å². The van der Waals surface area contributed by atoms with Crippen LogP contribution in [-0.4, -0.2) is 38.4 Å². The van der Waals surface area contributed by atoms with Gasteiger partial charge in [0.05, 0.1) is 18.2 Å². The van der Waals surface area contributed by atoms with Crippen LogP contribution in [0.15, 0.2) is 66.9 Å². The van der Waals surface area contributed by atoms with E-state index in [0.717, 1.165) is 28.8 Å². The molecule has 0 saturated carbocycles. The van der Waals surface area contributed by atoms with E-state index in [9.17, 15) is 9.59 Å². The third kappa shape index (κ3) is 3.85. The minimum atomic E-state index is -0.263. The molecule has 3 heterocycles. The van der Waals surface area contributed by atoms with Crippen LogP contribution in [0.3, 0.4) is 0 Å². The fraction of sp³-hybridized carbons (Fsp3) is 0.320. The zero-order chi connectivity index (χ0) is 21.2. The first kappa shape index (κ1) is 19.5. The number of aromatic amines is 1. The lowest BCUT2D eigenvalue weighted by Crippen LogP contribution is -2.49. The van der Waals surface area contributed by atoms with Crippen LogP contribution < -0.4 is 0 Å². The Morgan fingerprint density at radius 2 is 1.77 bits per heavy atom. The van der Waals surface area contributed by atoms with Crippen molar-refractivity contribution >= 4 is 11.8 Å². The van der Waals surface area contributed by atoms with E-state index in [1.54, 1.807) is 0 Å². The molecule has 2 unspecified atom stereocenters. The molecule has 6 heteroatoms. The van der Waals surface area contributed by atoms with Crippen LogP contribution in [0.25, 0.3) is 0 Å². The van der Waals surface area contributed by atoms with E-state index in [1.807, 2.05) is 76.7 Å². The second kappa shape index (κ2) is 8.38. The summed E-state index contributed by atoms with van der Waals surface area (Å²) in [6.07, 6.45) is 3.58. The van der Waals surface area contributed by atoms with E-state index in [4.69, 9.17) is 0 Å². The Morgan fingerprint density at radius 3 is 2.55 bits per heavy atom. The molecule has 2 aliphatic rings. The summed E-state index contributed by atoms with van der Waals surface area (Å²) in [4.78, 5) is 30.6. The number of aromatic nitrogens is 2. The summed E-state index contributed by atoms with van der Waals surface area (Å²) < 4.78 is 0. The quantitative estimate of drug-likeness (QED) is 0.711. The lowest BCUT2D eigenvalue weighted by atomic mass is 9.82. The highest BCUT2D eigenvalue weighted by atomic mass is 16.2. The topological polar surface area (TPSA) is 69.3 Å². The number of nitrogens with one attached hydrogen (secondary N) is 1. The minimum Gasteiger partial charge on any atom is -0.338 e. The van der Waals surface area contributed by atoms with Crippen molar-refractivity contribution in [1.29, 1.82) is 0 Å². The standard InChI is InChI=1S/C25H26N4O2/c30-23-12-11-21(25(31)28-14-13-22-20(17-28)15-26-27-22)24(19-9-5-2-6-10-19)29(23)16-18-7-3-1-4-8-18/h1-10,15,21,24H,11-14,16-17H2,(H,26,27). The third-order valence-electron chi connectivity index (χ3n) is 6.47. The average Bonchev–Trinajstić information content (AvgIpc) is 3.29. The number of benzene rings is 2. The molecule has 31 heavy (non-hydrogen) atoms. The second-order valence-electron chi connectivity index (χ2n) is 8.39. The number of amides is 2. The molecule has 2 atom stereocenters. The van der Waals surface area contributed by atoms with Gasteiger partial charge in [0.15, 0.2) is 0 Å². The van der Waals surface area contributed by atoms with Gasteiger partial charge in [-0.05, 0) is 17.5 Å². The number of hydrogen-bond acceptors (Lipinski definition) is 3. The van der Waals surface area contributed by atoms with Crippen molar-refractivity contribution < 1.29 is 9.59 Å². The number of nitrogens with zero attached hydrogens (tertiary/aromatic N) is 3. The molecule has 1 aromatic heterocycles. The van der Waals surface area contributed by atoms with Crippen molar-refractivity contribution in [3.63, 3.8) is 0 Å². The zero-order valence-corrected chi connectivity index (χ0v) is 17.4. The molecule has 1 saturated heterocycles. The van der Waals surface area contributed by atoms with Gasteiger partial charge in [-0.3, -0.25) is 14.7 Å². The first-order valence-electron chi connectivity index (χ1n) is 10.9. The van der Waals surface area contributed by atoms with Gasteiger partial charge in [0, 0.05) is 43.7 Å². The van der Waals surface area contributed by atoms with Crippen molar-refractivity contribution in [2.75, 3.05) is 6.54 Å². The van der Waals surface area contributed by atoms with Gasteiger partial charge in [0.25, 0.3) is 0 Å². The van der Waals surface area contributed by atoms with Crippen molar-refractivity contribution in [1.82, 2.24) is 20.0 Å². The number of hydrogen-bond donors (Lipinski definition) is 1. The summed E-state index contributed by atoms with van der Waals surface area (Å²) in [5.41, 5.74) is 4.30. The van der Waals surface area contributed by atoms with Gasteiger partial charge in [-0.1, -0.05) is 60.7 Å². The molecule has 2 aliphatic heterocycles. The number of likely N-dealkylation sites (tertiary alicyclic amines) is 1. The summed E-state index contributed by atoms with van der Waals surface area (Å²) >= 11 is 0. The predicted molar refractivity (Wildman–Crippen MR) is 117 cm³/mol. The Balaban J connectivity index is 1.46. The zero-order valence-electron chi connectivity index (χ0n) is 17.4. The van der Waals surface area contributed by atoms with Gasteiger partial charge in [0.1, 0.15) is 0 Å². The number of carbonyl (C=O) groups is 2. The highest BCUT2D eigenvalue weighted by molar-refractivity contribution is 5.85. The molecule has 1 N–H and O–H groups in total. The smallest absolute Gasteiger partial charge is 0.228 e. The first-order chi connectivity index (χ1) is 15.2. The Bertz CT molecular complexity index is 1060. The predicted octanol–water partition coefficient (Wildman–Crippen LogP) is 3.47. The molecule has 0 radical (unpaired) electrons. The molecule has 0 aliphatic carbocycles.